The minimum Gasteiger partial charge on any atom is -0.454 e. The number of nitrogens with zero attached hydrogens (tertiary/aromatic N) is 2. The van der Waals surface area contributed by atoms with Gasteiger partial charge in [-0.2, -0.15) is 0 Å². The summed E-state index contributed by atoms with van der Waals surface area (Å²) in [6.07, 6.45) is 6.58. The average molecular weight is 298 g/mol. The van der Waals surface area contributed by atoms with Crippen molar-refractivity contribution in [3.05, 3.63) is 53.6 Å². The fourth-order valence-electron chi connectivity index (χ4n) is 3.21. The number of carbonyl (C=O) groups is 1. The summed E-state index contributed by atoms with van der Waals surface area (Å²) in [5.74, 6) is -0.236. The lowest BCUT2D eigenvalue weighted by Gasteiger charge is -2.34. The first-order valence-corrected chi connectivity index (χ1v) is 7.85. The molecule has 1 atom stereocenters. The van der Waals surface area contributed by atoms with E-state index in [-0.39, 0.29) is 12.0 Å². The first kappa shape index (κ1) is 14.8. The van der Waals surface area contributed by atoms with Crippen molar-refractivity contribution in [3.63, 3.8) is 0 Å². The van der Waals surface area contributed by atoms with Gasteiger partial charge in [0.1, 0.15) is 5.60 Å². The minimum atomic E-state index is -0.584. The van der Waals surface area contributed by atoms with Gasteiger partial charge in [-0.25, -0.2) is 9.78 Å². The number of ether oxygens (including phenoxy) is 1. The summed E-state index contributed by atoms with van der Waals surface area (Å²) in [5, 5.41) is 0. The van der Waals surface area contributed by atoms with E-state index in [0.717, 1.165) is 24.8 Å². The summed E-state index contributed by atoms with van der Waals surface area (Å²) in [6, 6.07) is 7.76. The van der Waals surface area contributed by atoms with Crippen molar-refractivity contribution >= 4 is 5.97 Å². The molecule has 0 amide bonds. The van der Waals surface area contributed by atoms with Crippen LogP contribution in [0, 0.1) is 0 Å². The van der Waals surface area contributed by atoms with E-state index < -0.39 is 5.60 Å². The SMILES string of the molecule is CCCc1cncn1C1Cc2ccccc2C(=O)OC1(C)C. The van der Waals surface area contributed by atoms with E-state index >= 15 is 0 Å². The predicted molar refractivity (Wildman–Crippen MR) is 84.9 cm³/mol. The average Bonchev–Trinajstić information content (AvgIpc) is 2.89. The molecule has 0 saturated carbocycles. The lowest BCUT2D eigenvalue weighted by atomic mass is 9.91. The zero-order valence-corrected chi connectivity index (χ0v) is 13.4. The van der Waals surface area contributed by atoms with E-state index in [9.17, 15) is 4.79 Å². The maximum absolute atomic E-state index is 12.4. The molecular weight excluding hydrogens is 276 g/mol. The minimum absolute atomic E-state index is 0.0455. The largest absolute Gasteiger partial charge is 0.454 e. The standard InChI is InChI=1S/C18H22N2O2/c1-4-7-14-11-19-12-20(14)16-10-13-8-5-6-9-15(13)17(21)22-18(16,2)3/h5-6,8-9,11-12,16H,4,7,10H2,1-3H3. The molecule has 0 spiro atoms. The van der Waals surface area contributed by atoms with Crippen LogP contribution in [0.25, 0.3) is 0 Å². The van der Waals surface area contributed by atoms with Gasteiger partial charge in [-0.15, -0.1) is 0 Å². The molecule has 4 nitrogen and oxygen atoms in total. The van der Waals surface area contributed by atoms with E-state index in [1.165, 1.54) is 5.69 Å². The van der Waals surface area contributed by atoms with Crippen LogP contribution in [0.1, 0.15) is 54.8 Å². The zero-order valence-electron chi connectivity index (χ0n) is 13.4. The molecule has 2 heterocycles. The van der Waals surface area contributed by atoms with Crippen molar-refractivity contribution in [2.45, 2.75) is 51.7 Å². The lowest BCUT2D eigenvalue weighted by Crippen LogP contribution is -2.38. The third-order valence-electron chi connectivity index (χ3n) is 4.40. The van der Waals surface area contributed by atoms with Gasteiger partial charge in [-0.3, -0.25) is 0 Å². The van der Waals surface area contributed by atoms with Gasteiger partial charge in [-0.05, 0) is 38.3 Å². The highest BCUT2D eigenvalue weighted by atomic mass is 16.6. The monoisotopic (exact) mass is 298 g/mol. The third kappa shape index (κ3) is 2.54. The number of aromatic nitrogens is 2. The molecule has 116 valence electrons. The van der Waals surface area contributed by atoms with Crippen LogP contribution in [0.15, 0.2) is 36.8 Å². The molecule has 2 aromatic rings. The maximum Gasteiger partial charge on any atom is 0.339 e. The summed E-state index contributed by atoms with van der Waals surface area (Å²) >= 11 is 0. The van der Waals surface area contributed by atoms with Crippen LogP contribution in [0.3, 0.4) is 0 Å². The summed E-state index contributed by atoms with van der Waals surface area (Å²) in [7, 11) is 0. The number of esters is 1. The highest BCUT2D eigenvalue weighted by Gasteiger charge is 2.39. The lowest BCUT2D eigenvalue weighted by molar-refractivity contribution is -0.0233. The van der Waals surface area contributed by atoms with Crippen molar-refractivity contribution in [2.75, 3.05) is 0 Å². The van der Waals surface area contributed by atoms with Crippen LogP contribution in [0.4, 0.5) is 0 Å². The fourth-order valence-corrected chi connectivity index (χ4v) is 3.21. The highest BCUT2D eigenvalue weighted by molar-refractivity contribution is 5.91. The molecule has 1 aliphatic heterocycles. The van der Waals surface area contributed by atoms with Gasteiger partial charge < -0.3 is 9.30 Å². The number of hydrogen-bond acceptors (Lipinski definition) is 3. The molecule has 0 fully saturated rings. The summed E-state index contributed by atoms with van der Waals surface area (Å²) < 4.78 is 7.99. The van der Waals surface area contributed by atoms with E-state index in [4.69, 9.17) is 4.74 Å². The molecule has 0 bridgehead atoms. The Morgan fingerprint density at radius 1 is 1.36 bits per heavy atom. The second-order valence-electron chi connectivity index (χ2n) is 6.41. The van der Waals surface area contributed by atoms with Crippen molar-refractivity contribution in [1.29, 1.82) is 0 Å². The van der Waals surface area contributed by atoms with Gasteiger partial charge in [0.15, 0.2) is 0 Å². The van der Waals surface area contributed by atoms with E-state index in [2.05, 4.69) is 16.5 Å². The van der Waals surface area contributed by atoms with Crippen molar-refractivity contribution in [2.24, 2.45) is 0 Å². The normalized spacial score (nSPS) is 20.1. The predicted octanol–water partition coefficient (Wildman–Crippen LogP) is 3.57. The summed E-state index contributed by atoms with van der Waals surface area (Å²) in [5.41, 5.74) is 2.32. The smallest absolute Gasteiger partial charge is 0.339 e. The molecule has 1 aromatic heterocycles. The molecule has 1 unspecified atom stereocenters. The van der Waals surface area contributed by atoms with Crippen LogP contribution in [-0.2, 0) is 17.6 Å². The summed E-state index contributed by atoms with van der Waals surface area (Å²) in [4.78, 5) is 16.7. The second-order valence-corrected chi connectivity index (χ2v) is 6.41. The van der Waals surface area contributed by atoms with E-state index in [1.54, 1.807) is 0 Å². The Morgan fingerprint density at radius 3 is 2.91 bits per heavy atom. The molecule has 22 heavy (non-hydrogen) atoms. The van der Waals surface area contributed by atoms with Crippen LogP contribution < -0.4 is 0 Å². The Hall–Kier alpha value is -2.10. The number of aryl methyl sites for hydroxylation is 1. The number of imidazole rings is 1. The highest BCUT2D eigenvalue weighted by Crippen LogP contribution is 2.36. The van der Waals surface area contributed by atoms with Crippen molar-refractivity contribution in [3.8, 4) is 0 Å². The van der Waals surface area contributed by atoms with Gasteiger partial charge in [0.05, 0.1) is 17.9 Å². The van der Waals surface area contributed by atoms with E-state index in [0.29, 0.717) is 5.56 Å². The number of rotatable bonds is 3. The third-order valence-corrected chi connectivity index (χ3v) is 4.40. The van der Waals surface area contributed by atoms with E-state index in [1.807, 2.05) is 50.6 Å². The van der Waals surface area contributed by atoms with Gasteiger partial charge in [0.2, 0.25) is 0 Å². The van der Waals surface area contributed by atoms with Crippen molar-refractivity contribution in [1.82, 2.24) is 9.55 Å². The molecule has 0 saturated heterocycles. The first-order valence-electron chi connectivity index (χ1n) is 7.85. The Balaban J connectivity index is 2.06. The molecule has 3 rings (SSSR count). The fraction of sp³-hybridized carbons (Fsp3) is 0.444. The zero-order chi connectivity index (χ0) is 15.7. The molecule has 1 aliphatic rings. The molecule has 0 N–H and O–H groups in total. The number of cyclic esters (lactones) is 1. The Bertz CT molecular complexity index is 688. The van der Waals surface area contributed by atoms with Crippen LogP contribution in [0.2, 0.25) is 0 Å². The molecular formula is C18H22N2O2. The van der Waals surface area contributed by atoms with Gasteiger partial charge in [0.25, 0.3) is 0 Å². The number of benzene rings is 1. The van der Waals surface area contributed by atoms with Gasteiger partial charge >= 0.3 is 5.97 Å². The molecule has 0 aliphatic carbocycles. The number of fused-ring (bicyclic) bond motifs is 1. The Morgan fingerprint density at radius 2 is 2.14 bits per heavy atom. The summed E-state index contributed by atoms with van der Waals surface area (Å²) in [6.45, 7) is 6.12. The quantitative estimate of drug-likeness (QED) is 0.814. The van der Waals surface area contributed by atoms with Crippen LogP contribution >= 0.6 is 0 Å². The second kappa shape index (κ2) is 5.59. The maximum atomic E-state index is 12.4. The van der Waals surface area contributed by atoms with Gasteiger partial charge in [0, 0.05) is 11.9 Å². The van der Waals surface area contributed by atoms with Crippen LogP contribution in [0.5, 0.6) is 0 Å². The topological polar surface area (TPSA) is 44.1 Å². The Kier molecular flexibility index (Phi) is 3.77. The molecule has 0 radical (unpaired) electrons. The number of carbonyl (C=O) groups excluding carboxylic acids is 1. The molecule has 4 heteroatoms. The Labute approximate surface area is 131 Å². The number of hydrogen-bond donors (Lipinski definition) is 0. The van der Waals surface area contributed by atoms with Gasteiger partial charge in [-0.1, -0.05) is 31.5 Å². The van der Waals surface area contributed by atoms with Crippen molar-refractivity contribution < 1.29 is 9.53 Å². The molecule has 1 aromatic carbocycles. The van der Waals surface area contributed by atoms with Crippen LogP contribution in [-0.4, -0.2) is 21.1 Å². The first-order chi connectivity index (χ1) is 10.5.